The van der Waals surface area contributed by atoms with E-state index in [0.29, 0.717) is 0 Å². The smallest absolute Gasteiger partial charge is 0.325 e. The molecule has 1 aromatic heterocycles. The second-order valence-corrected chi connectivity index (χ2v) is 7.70. The van der Waals surface area contributed by atoms with E-state index in [1.54, 1.807) is 6.20 Å². The summed E-state index contributed by atoms with van der Waals surface area (Å²) in [5.41, 5.74) is 7.79. The molecule has 11 nitrogen and oxygen atoms in total. The minimum atomic E-state index is -1.40. The van der Waals surface area contributed by atoms with Gasteiger partial charge in [-0.05, 0) is 38.8 Å². The van der Waals surface area contributed by atoms with E-state index >= 15 is 0 Å². The molecule has 0 saturated heterocycles. The molecular weight excluding hydrogens is 418 g/mol. The summed E-state index contributed by atoms with van der Waals surface area (Å²) in [6.07, 6.45) is 0.723. The molecule has 32 heavy (non-hydrogen) atoms. The van der Waals surface area contributed by atoms with Gasteiger partial charge in [0.05, 0.1) is 12.1 Å². The van der Waals surface area contributed by atoms with Gasteiger partial charge in [-0.25, -0.2) is 0 Å². The molecular formula is C21H29N5O6. The Morgan fingerprint density at radius 3 is 2.22 bits per heavy atom. The van der Waals surface area contributed by atoms with Gasteiger partial charge in [0, 0.05) is 17.1 Å². The molecule has 2 rings (SSSR count). The summed E-state index contributed by atoms with van der Waals surface area (Å²) in [6, 6.07) is 3.00. The summed E-state index contributed by atoms with van der Waals surface area (Å²) >= 11 is 0. The highest BCUT2D eigenvalue weighted by Crippen LogP contribution is 2.18. The standard InChI is InChI=1S/C21H29N5O6/c1-10(18(28)26-17(12(3)27)20(30)25-11(2)21(31)32)24-19(29)15(22)8-13-9-23-16-7-5-4-6-14(13)16/h4-7,9-12,15,17,23,27H,8,22H2,1-3H3,(H,24,29)(H,25,30)(H,26,28)(H,31,32). The molecule has 3 amide bonds. The van der Waals surface area contributed by atoms with Crippen molar-refractivity contribution < 1.29 is 29.4 Å². The molecule has 0 aliphatic heterocycles. The fourth-order valence-electron chi connectivity index (χ4n) is 3.06. The number of H-pyrrole nitrogens is 1. The molecule has 0 aliphatic rings. The lowest BCUT2D eigenvalue weighted by Crippen LogP contribution is -2.59. The largest absolute Gasteiger partial charge is 0.480 e. The SMILES string of the molecule is CC(NC(=O)C(NC(=O)C(C)NC(=O)C(N)Cc1c[nH]c2ccccc12)C(C)O)C(=O)O. The highest BCUT2D eigenvalue weighted by molar-refractivity contribution is 5.94. The Hall–Kier alpha value is -3.44. The first kappa shape index (κ1) is 24.8. The summed E-state index contributed by atoms with van der Waals surface area (Å²) in [6.45, 7) is 3.93. The van der Waals surface area contributed by atoms with Gasteiger partial charge in [0.15, 0.2) is 0 Å². The lowest BCUT2D eigenvalue weighted by atomic mass is 10.0. The van der Waals surface area contributed by atoms with Gasteiger partial charge in [-0.2, -0.15) is 0 Å². The van der Waals surface area contributed by atoms with Crippen molar-refractivity contribution in [1.82, 2.24) is 20.9 Å². The van der Waals surface area contributed by atoms with Crippen molar-refractivity contribution in [2.45, 2.75) is 57.5 Å². The maximum atomic E-state index is 12.5. The minimum absolute atomic E-state index is 0.246. The highest BCUT2D eigenvalue weighted by Gasteiger charge is 2.30. The average Bonchev–Trinajstić information content (AvgIpc) is 3.13. The molecule has 11 heteroatoms. The van der Waals surface area contributed by atoms with Crippen LogP contribution in [0.1, 0.15) is 26.3 Å². The Bertz CT molecular complexity index is 988. The van der Waals surface area contributed by atoms with Gasteiger partial charge in [-0.1, -0.05) is 18.2 Å². The van der Waals surface area contributed by atoms with Crippen LogP contribution in [-0.2, 0) is 25.6 Å². The van der Waals surface area contributed by atoms with Gasteiger partial charge in [-0.3, -0.25) is 19.2 Å². The second kappa shape index (κ2) is 10.7. The van der Waals surface area contributed by atoms with Crippen LogP contribution in [0.2, 0.25) is 0 Å². The van der Waals surface area contributed by atoms with E-state index in [-0.39, 0.29) is 6.42 Å². The van der Waals surface area contributed by atoms with Crippen LogP contribution < -0.4 is 21.7 Å². The minimum Gasteiger partial charge on any atom is -0.480 e. The lowest BCUT2D eigenvalue weighted by molar-refractivity contribution is -0.142. The number of benzene rings is 1. The molecule has 0 radical (unpaired) electrons. The maximum Gasteiger partial charge on any atom is 0.325 e. The number of aromatic amines is 1. The van der Waals surface area contributed by atoms with Crippen LogP contribution >= 0.6 is 0 Å². The summed E-state index contributed by atoms with van der Waals surface area (Å²) < 4.78 is 0. The van der Waals surface area contributed by atoms with Gasteiger partial charge >= 0.3 is 5.97 Å². The Labute approximate surface area is 184 Å². The quantitative estimate of drug-likeness (QED) is 0.243. The monoisotopic (exact) mass is 447 g/mol. The average molecular weight is 447 g/mol. The van der Waals surface area contributed by atoms with E-state index < -0.39 is 54.0 Å². The first-order valence-corrected chi connectivity index (χ1v) is 10.1. The van der Waals surface area contributed by atoms with E-state index in [1.165, 1.54) is 20.8 Å². The number of carboxylic acid groups (broad SMARTS) is 1. The molecule has 0 spiro atoms. The van der Waals surface area contributed by atoms with Crippen molar-refractivity contribution in [3.05, 3.63) is 36.0 Å². The van der Waals surface area contributed by atoms with Gasteiger partial charge in [0.2, 0.25) is 17.7 Å². The number of amides is 3. The summed E-state index contributed by atoms with van der Waals surface area (Å²) in [7, 11) is 0. The summed E-state index contributed by atoms with van der Waals surface area (Å²) in [5, 5.41) is 26.7. The Balaban J connectivity index is 1.95. The van der Waals surface area contributed by atoms with Crippen LogP contribution in [0.4, 0.5) is 0 Å². The van der Waals surface area contributed by atoms with Crippen molar-refractivity contribution in [2.24, 2.45) is 5.73 Å². The molecule has 2 aromatic rings. The molecule has 5 unspecified atom stereocenters. The third-order valence-electron chi connectivity index (χ3n) is 5.00. The predicted molar refractivity (Wildman–Crippen MR) is 116 cm³/mol. The molecule has 0 saturated carbocycles. The van der Waals surface area contributed by atoms with Crippen molar-refractivity contribution in [3.63, 3.8) is 0 Å². The maximum absolute atomic E-state index is 12.5. The molecule has 0 aliphatic carbocycles. The van der Waals surface area contributed by atoms with Gasteiger partial charge in [-0.15, -0.1) is 0 Å². The zero-order valence-corrected chi connectivity index (χ0v) is 18.1. The van der Waals surface area contributed by atoms with Crippen LogP contribution in [0.15, 0.2) is 30.5 Å². The van der Waals surface area contributed by atoms with Crippen LogP contribution in [0, 0.1) is 0 Å². The van der Waals surface area contributed by atoms with Crippen molar-refractivity contribution in [1.29, 1.82) is 0 Å². The van der Waals surface area contributed by atoms with Crippen molar-refractivity contribution in [3.8, 4) is 0 Å². The lowest BCUT2D eigenvalue weighted by Gasteiger charge is -2.24. The van der Waals surface area contributed by atoms with Crippen LogP contribution in [0.5, 0.6) is 0 Å². The predicted octanol–water partition coefficient (Wildman–Crippen LogP) is -1.00. The number of rotatable bonds is 10. The molecule has 0 bridgehead atoms. The fourth-order valence-corrected chi connectivity index (χ4v) is 3.06. The number of fused-ring (bicyclic) bond motifs is 1. The number of nitrogens with one attached hydrogen (secondary N) is 4. The number of aliphatic hydroxyl groups excluding tert-OH is 1. The van der Waals surface area contributed by atoms with E-state index in [0.717, 1.165) is 16.5 Å². The number of hydrogen-bond acceptors (Lipinski definition) is 6. The number of aliphatic carboxylic acids is 1. The van der Waals surface area contributed by atoms with Gasteiger partial charge < -0.3 is 36.9 Å². The van der Waals surface area contributed by atoms with Crippen molar-refractivity contribution >= 4 is 34.6 Å². The first-order chi connectivity index (χ1) is 15.0. The number of carbonyl (C=O) groups excluding carboxylic acids is 3. The summed E-state index contributed by atoms with van der Waals surface area (Å²) in [5.74, 6) is -3.42. The van der Waals surface area contributed by atoms with E-state index in [9.17, 15) is 24.3 Å². The molecule has 174 valence electrons. The number of aliphatic hydroxyl groups is 1. The van der Waals surface area contributed by atoms with Gasteiger partial charge in [0.1, 0.15) is 18.1 Å². The van der Waals surface area contributed by atoms with E-state index in [1.807, 2.05) is 24.3 Å². The first-order valence-electron chi connectivity index (χ1n) is 10.1. The Kier molecular flexibility index (Phi) is 8.33. The molecule has 1 aromatic carbocycles. The van der Waals surface area contributed by atoms with E-state index in [2.05, 4.69) is 20.9 Å². The second-order valence-electron chi connectivity index (χ2n) is 7.70. The summed E-state index contributed by atoms with van der Waals surface area (Å²) in [4.78, 5) is 51.1. The highest BCUT2D eigenvalue weighted by atomic mass is 16.4. The number of nitrogens with two attached hydrogens (primary N) is 1. The van der Waals surface area contributed by atoms with Gasteiger partial charge in [0.25, 0.3) is 0 Å². The Morgan fingerprint density at radius 1 is 0.969 bits per heavy atom. The molecule has 0 fully saturated rings. The number of para-hydroxylation sites is 1. The van der Waals surface area contributed by atoms with Crippen molar-refractivity contribution in [2.75, 3.05) is 0 Å². The van der Waals surface area contributed by atoms with Crippen LogP contribution in [0.25, 0.3) is 10.9 Å². The molecule has 5 atom stereocenters. The number of aromatic nitrogens is 1. The van der Waals surface area contributed by atoms with Crippen LogP contribution in [-0.4, -0.2) is 69.2 Å². The third-order valence-corrected chi connectivity index (χ3v) is 5.00. The zero-order valence-electron chi connectivity index (χ0n) is 18.1. The normalized spacial score (nSPS) is 15.8. The number of carboxylic acids is 1. The van der Waals surface area contributed by atoms with Crippen LogP contribution in [0.3, 0.4) is 0 Å². The van der Waals surface area contributed by atoms with E-state index in [4.69, 9.17) is 10.8 Å². The number of carbonyl (C=O) groups is 4. The molecule has 1 heterocycles. The topological polar surface area (TPSA) is 187 Å². The number of hydrogen-bond donors (Lipinski definition) is 7. The third kappa shape index (κ3) is 6.28. The molecule has 8 N–H and O–H groups in total. The zero-order chi connectivity index (χ0) is 24.0. The fraction of sp³-hybridized carbons (Fsp3) is 0.429. The Morgan fingerprint density at radius 2 is 1.59 bits per heavy atom.